The van der Waals surface area contributed by atoms with Crippen LogP contribution in [0.2, 0.25) is 0 Å². The molecule has 0 radical (unpaired) electrons. The minimum absolute atomic E-state index is 0.0227. The number of hydrogen-bond acceptors (Lipinski definition) is 3. The van der Waals surface area contributed by atoms with Gasteiger partial charge >= 0.3 is 0 Å². The van der Waals surface area contributed by atoms with Gasteiger partial charge in [-0.3, -0.25) is 4.79 Å². The molecule has 1 fully saturated rings. The minimum Gasteiger partial charge on any atom is -0.397 e. The van der Waals surface area contributed by atoms with E-state index in [1.54, 1.807) is 6.07 Å². The molecule has 1 saturated carbocycles. The molecule has 18 heavy (non-hydrogen) atoms. The number of rotatable bonds is 5. The van der Waals surface area contributed by atoms with Crippen LogP contribution in [-0.2, 0) is 4.79 Å². The van der Waals surface area contributed by atoms with Crippen LogP contribution in [0.15, 0.2) is 12.1 Å². The highest BCUT2D eigenvalue weighted by Crippen LogP contribution is 2.24. The molecule has 1 aliphatic carbocycles. The number of hydrogen-bond donors (Lipinski definition) is 3. The molecule has 6 heteroatoms. The summed E-state index contributed by atoms with van der Waals surface area (Å²) in [6.45, 7) is 0.447. The summed E-state index contributed by atoms with van der Waals surface area (Å²) in [6.07, 6.45) is 2.52. The average molecular weight is 363 g/mol. The lowest BCUT2D eigenvalue weighted by molar-refractivity contribution is -0.120. The lowest BCUT2D eigenvalue weighted by Crippen LogP contribution is -2.27. The van der Waals surface area contributed by atoms with Gasteiger partial charge in [-0.05, 0) is 41.5 Å². The van der Waals surface area contributed by atoms with Crippen molar-refractivity contribution in [2.75, 3.05) is 17.6 Å². The van der Waals surface area contributed by atoms with Crippen molar-refractivity contribution >= 4 is 39.9 Å². The van der Waals surface area contributed by atoms with E-state index in [0.29, 0.717) is 34.0 Å². The van der Waals surface area contributed by atoms with Crippen LogP contribution < -0.4 is 16.4 Å². The molecule has 0 bridgehead atoms. The maximum absolute atomic E-state index is 13.3. The van der Waals surface area contributed by atoms with Crippen LogP contribution in [-0.4, -0.2) is 18.5 Å². The Morgan fingerprint density at radius 2 is 2.22 bits per heavy atom. The molecule has 2 rings (SSSR count). The van der Waals surface area contributed by atoms with Crippen molar-refractivity contribution in [3.8, 4) is 0 Å². The third-order valence-corrected chi connectivity index (χ3v) is 3.53. The van der Waals surface area contributed by atoms with Gasteiger partial charge in [0.05, 0.1) is 14.9 Å². The molecule has 0 aromatic heterocycles. The number of nitrogens with one attached hydrogen (secondary N) is 2. The standard InChI is InChI=1S/C12H15FIN3O/c13-8-5-11(10(15)6-9(8)14)16-4-3-12(18)17-7-1-2-7/h5-7,16H,1-4,15H2,(H,17,18). The third kappa shape index (κ3) is 3.72. The van der Waals surface area contributed by atoms with Crippen LogP contribution in [0.1, 0.15) is 19.3 Å². The van der Waals surface area contributed by atoms with Crippen molar-refractivity contribution in [2.24, 2.45) is 0 Å². The van der Waals surface area contributed by atoms with Crippen molar-refractivity contribution in [3.63, 3.8) is 0 Å². The van der Waals surface area contributed by atoms with Gasteiger partial charge in [-0.15, -0.1) is 0 Å². The summed E-state index contributed by atoms with van der Waals surface area (Å²) in [5, 5.41) is 5.87. The number of carbonyl (C=O) groups is 1. The van der Waals surface area contributed by atoms with Gasteiger partial charge in [-0.2, -0.15) is 0 Å². The Bertz CT molecular complexity index is 463. The van der Waals surface area contributed by atoms with E-state index >= 15 is 0 Å². The molecule has 0 atom stereocenters. The summed E-state index contributed by atoms with van der Waals surface area (Å²) in [4.78, 5) is 11.4. The van der Waals surface area contributed by atoms with Gasteiger partial charge in [0.25, 0.3) is 0 Å². The van der Waals surface area contributed by atoms with Gasteiger partial charge in [0.1, 0.15) is 5.82 Å². The lowest BCUT2D eigenvalue weighted by Gasteiger charge is -2.10. The second-order valence-electron chi connectivity index (χ2n) is 4.37. The zero-order valence-electron chi connectivity index (χ0n) is 9.80. The first kappa shape index (κ1) is 13.4. The highest BCUT2D eigenvalue weighted by molar-refractivity contribution is 14.1. The fraction of sp³-hybridized carbons (Fsp3) is 0.417. The molecule has 0 spiro atoms. The van der Waals surface area contributed by atoms with Crippen LogP contribution in [0.25, 0.3) is 0 Å². The summed E-state index contributed by atoms with van der Waals surface area (Å²) in [6, 6.07) is 3.30. The molecule has 4 nitrogen and oxygen atoms in total. The van der Waals surface area contributed by atoms with Gasteiger partial charge in [-0.25, -0.2) is 4.39 Å². The zero-order valence-corrected chi connectivity index (χ0v) is 12.0. The Morgan fingerprint density at radius 1 is 1.50 bits per heavy atom. The van der Waals surface area contributed by atoms with E-state index in [-0.39, 0.29) is 11.7 Å². The van der Waals surface area contributed by atoms with Gasteiger partial charge in [0.2, 0.25) is 5.91 Å². The predicted molar refractivity (Wildman–Crippen MR) is 77.8 cm³/mol. The van der Waals surface area contributed by atoms with Crippen LogP contribution >= 0.6 is 22.6 Å². The third-order valence-electron chi connectivity index (χ3n) is 2.70. The van der Waals surface area contributed by atoms with E-state index in [1.807, 2.05) is 22.6 Å². The molecule has 0 heterocycles. The van der Waals surface area contributed by atoms with Crippen molar-refractivity contribution in [2.45, 2.75) is 25.3 Å². The van der Waals surface area contributed by atoms with E-state index < -0.39 is 0 Å². The molecule has 1 aromatic rings. The fourth-order valence-corrected chi connectivity index (χ4v) is 2.04. The maximum atomic E-state index is 13.3. The summed E-state index contributed by atoms with van der Waals surface area (Å²) < 4.78 is 13.8. The topological polar surface area (TPSA) is 67.1 Å². The molecular weight excluding hydrogens is 348 g/mol. The van der Waals surface area contributed by atoms with E-state index in [2.05, 4.69) is 10.6 Å². The van der Waals surface area contributed by atoms with Gasteiger partial charge in [-0.1, -0.05) is 0 Å². The van der Waals surface area contributed by atoms with Crippen LogP contribution in [0.4, 0.5) is 15.8 Å². The number of carbonyl (C=O) groups excluding carboxylic acids is 1. The monoisotopic (exact) mass is 363 g/mol. The Kier molecular flexibility index (Phi) is 4.26. The Balaban J connectivity index is 1.82. The summed E-state index contributed by atoms with van der Waals surface area (Å²) in [7, 11) is 0. The predicted octanol–water partition coefficient (Wildman–Crippen LogP) is 2.09. The normalized spacial score (nSPS) is 14.3. The number of benzene rings is 1. The van der Waals surface area contributed by atoms with Crippen molar-refractivity contribution in [3.05, 3.63) is 21.5 Å². The van der Waals surface area contributed by atoms with E-state index in [9.17, 15) is 9.18 Å². The summed E-state index contributed by atoms with van der Waals surface area (Å²) >= 11 is 1.89. The van der Waals surface area contributed by atoms with Crippen LogP contribution in [0.3, 0.4) is 0 Å². The Hall–Kier alpha value is -1.05. The van der Waals surface area contributed by atoms with Crippen molar-refractivity contribution in [1.29, 1.82) is 0 Å². The van der Waals surface area contributed by atoms with Crippen molar-refractivity contribution < 1.29 is 9.18 Å². The molecule has 1 aliphatic rings. The molecule has 1 amide bonds. The van der Waals surface area contributed by atoms with Gasteiger partial charge in [0, 0.05) is 25.1 Å². The van der Waals surface area contributed by atoms with Crippen LogP contribution in [0.5, 0.6) is 0 Å². The zero-order chi connectivity index (χ0) is 13.1. The fourth-order valence-electron chi connectivity index (χ4n) is 1.55. The molecule has 98 valence electrons. The number of nitrogen functional groups attached to an aromatic ring is 1. The first-order valence-corrected chi connectivity index (χ1v) is 6.92. The quantitative estimate of drug-likeness (QED) is 0.555. The smallest absolute Gasteiger partial charge is 0.221 e. The number of nitrogens with two attached hydrogens (primary N) is 1. The van der Waals surface area contributed by atoms with Gasteiger partial charge in [0.15, 0.2) is 0 Å². The Morgan fingerprint density at radius 3 is 2.89 bits per heavy atom. The summed E-state index contributed by atoms with van der Waals surface area (Å²) in [5.41, 5.74) is 6.79. The molecular formula is C12H15FIN3O. The molecule has 0 aliphatic heterocycles. The molecule has 0 unspecified atom stereocenters. The first-order valence-electron chi connectivity index (χ1n) is 5.84. The largest absolute Gasteiger partial charge is 0.397 e. The maximum Gasteiger partial charge on any atom is 0.221 e. The van der Waals surface area contributed by atoms with E-state index in [0.717, 1.165) is 12.8 Å². The highest BCUT2D eigenvalue weighted by Gasteiger charge is 2.22. The second kappa shape index (κ2) is 5.73. The lowest BCUT2D eigenvalue weighted by atomic mass is 10.2. The van der Waals surface area contributed by atoms with E-state index in [1.165, 1.54) is 6.07 Å². The van der Waals surface area contributed by atoms with Gasteiger partial charge < -0.3 is 16.4 Å². The SMILES string of the molecule is Nc1cc(I)c(F)cc1NCCC(=O)NC1CC1. The summed E-state index contributed by atoms with van der Waals surface area (Å²) in [5.74, 6) is -0.288. The molecule has 0 saturated heterocycles. The minimum atomic E-state index is -0.310. The van der Waals surface area contributed by atoms with E-state index in [4.69, 9.17) is 5.73 Å². The van der Waals surface area contributed by atoms with Crippen molar-refractivity contribution in [1.82, 2.24) is 5.32 Å². The second-order valence-corrected chi connectivity index (χ2v) is 5.53. The van der Waals surface area contributed by atoms with Crippen LogP contribution in [0, 0.1) is 9.39 Å². The highest BCUT2D eigenvalue weighted by atomic mass is 127. The first-order chi connectivity index (χ1) is 8.56. The number of anilines is 2. The number of amides is 1. The molecule has 1 aromatic carbocycles. The molecule has 4 N–H and O–H groups in total. The Labute approximate surface area is 119 Å². The number of halogens is 2. The average Bonchev–Trinajstić information content (AvgIpc) is 3.09.